The normalized spacial score (nSPS) is 12.3. The number of hydrogen-bond donors (Lipinski definition) is 9. The maximum absolute atomic E-state index is 13.8. The molecule has 3 atom stereocenters. The highest BCUT2D eigenvalue weighted by Crippen LogP contribution is 2.05. The highest BCUT2D eigenvalue weighted by Gasteiger charge is 2.27. The largest absolute Gasteiger partial charge is 0.463 e. The minimum atomic E-state index is -1.90. The molecule has 0 aliphatic heterocycles. The Kier molecular flexibility index (Phi) is 17.1. The van der Waals surface area contributed by atoms with E-state index in [1.54, 1.807) is 35.3 Å². The summed E-state index contributed by atoms with van der Waals surface area (Å²) in [6.07, 6.45) is -1.64. The van der Waals surface area contributed by atoms with E-state index in [9.17, 15) is 47.5 Å². The molecule has 0 saturated carbocycles. The van der Waals surface area contributed by atoms with Crippen LogP contribution in [0.25, 0.3) is 0 Å². The summed E-state index contributed by atoms with van der Waals surface area (Å²) in [6, 6.07) is 6.17. The number of H-pyrrole nitrogens is 1. The third-order valence-electron chi connectivity index (χ3n) is 6.69. The number of aliphatic hydroxyl groups is 1. The smallest absolute Gasteiger partial charge is 0.350 e. The number of nitrogens with one attached hydrogen (secondary N) is 7. The SMILES string of the molecule is CCOC(=O)C(NC(=O)CNC(=O)CNC(=O)[C@H](Cc1ccccc1)NC(=O)CNC(=O)[C@@H](N)CCC(=O)NCCO)n1cc(F)c(=O)[nH]c1=O. The van der Waals surface area contributed by atoms with Crippen molar-refractivity contribution in [3.8, 4) is 0 Å². The van der Waals surface area contributed by atoms with Crippen LogP contribution < -0.4 is 48.9 Å². The van der Waals surface area contributed by atoms with Crippen molar-refractivity contribution in [1.29, 1.82) is 0 Å². The number of benzene rings is 1. The van der Waals surface area contributed by atoms with Gasteiger partial charge in [-0.3, -0.25) is 43.1 Å². The van der Waals surface area contributed by atoms with Crippen LogP contribution in [-0.4, -0.2) is 108 Å². The van der Waals surface area contributed by atoms with E-state index in [4.69, 9.17) is 15.6 Å². The average Bonchev–Trinajstić information content (AvgIpc) is 3.10. The fourth-order valence-corrected chi connectivity index (χ4v) is 4.16. The third-order valence-corrected chi connectivity index (χ3v) is 6.69. The Hall–Kier alpha value is -5.96. The number of carbonyl (C=O) groups is 7. The van der Waals surface area contributed by atoms with Crippen molar-refractivity contribution in [2.24, 2.45) is 5.73 Å². The lowest BCUT2D eigenvalue weighted by Crippen LogP contribution is -2.53. The zero-order chi connectivity index (χ0) is 37.9. The van der Waals surface area contributed by atoms with Crippen molar-refractivity contribution >= 4 is 41.4 Å². The molecule has 0 spiro atoms. The number of aromatic amines is 1. The van der Waals surface area contributed by atoms with E-state index < -0.39 is 96.4 Å². The Balaban J connectivity index is 1.95. The van der Waals surface area contributed by atoms with Crippen LogP contribution in [0, 0.1) is 5.82 Å². The Morgan fingerprint density at radius 2 is 1.51 bits per heavy atom. The zero-order valence-electron chi connectivity index (χ0n) is 27.5. The van der Waals surface area contributed by atoms with Gasteiger partial charge in [-0.1, -0.05) is 30.3 Å². The van der Waals surface area contributed by atoms with Crippen molar-refractivity contribution in [2.75, 3.05) is 39.4 Å². The molecular weight excluding hydrogens is 681 g/mol. The number of amides is 6. The summed E-state index contributed by atoms with van der Waals surface area (Å²) in [7, 11) is 0. The van der Waals surface area contributed by atoms with E-state index in [0.717, 1.165) is 0 Å². The van der Waals surface area contributed by atoms with E-state index in [2.05, 4.69) is 31.9 Å². The van der Waals surface area contributed by atoms with Gasteiger partial charge >= 0.3 is 11.7 Å². The van der Waals surface area contributed by atoms with Crippen molar-refractivity contribution in [2.45, 2.75) is 44.4 Å². The predicted octanol–water partition coefficient (Wildman–Crippen LogP) is -4.85. The highest BCUT2D eigenvalue weighted by molar-refractivity contribution is 5.93. The first kappa shape index (κ1) is 41.2. The summed E-state index contributed by atoms with van der Waals surface area (Å²) in [5.41, 5.74) is 3.83. The Morgan fingerprint density at radius 1 is 0.882 bits per heavy atom. The molecule has 1 unspecified atom stereocenters. The molecule has 2 rings (SSSR count). The second kappa shape index (κ2) is 21.2. The second-order valence-electron chi connectivity index (χ2n) is 10.6. The van der Waals surface area contributed by atoms with Crippen LogP contribution in [0.3, 0.4) is 0 Å². The van der Waals surface area contributed by atoms with Crippen molar-refractivity contribution in [3.63, 3.8) is 0 Å². The van der Waals surface area contributed by atoms with Gasteiger partial charge in [0, 0.05) is 19.4 Å². The number of aromatic nitrogens is 2. The van der Waals surface area contributed by atoms with Gasteiger partial charge in [-0.15, -0.1) is 0 Å². The minimum Gasteiger partial charge on any atom is -0.463 e. The first-order valence-electron chi connectivity index (χ1n) is 15.5. The van der Waals surface area contributed by atoms with Gasteiger partial charge in [0.1, 0.15) is 6.04 Å². The van der Waals surface area contributed by atoms with Crippen molar-refractivity contribution in [1.82, 2.24) is 41.5 Å². The van der Waals surface area contributed by atoms with Gasteiger partial charge in [0.25, 0.3) is 5.56 Å². The van der Waals surface area contributed by atoms with Gasteiger partial charge < -0.3 is 47.5 Å². The van der Waals surface area contributed by atoms with E-state index in [1.807, 2.05) is 0 Å². The maximum Gasteiger partial charge on any atom is 0.350 e. The molecule has 20 nitrogen and oxygen atoms in total. The molecule has 0 radical (unpaired) electrons. The van der Waals surface area contributed by atoms with Crippen LogP contribution >= 0.6 is 0 Å². The number of rotatable bonds is 20. The van der Waals surface area contributed by atoms with Crippen LogP contribution in [0.1, 0.15) is 31.5 Å². The summed E-state index contributed by atoms with van der Waals surface area (Å²) in [5, 5.41) is 22.5. The number of hydrogen-bond acceptors (Lipinski definition) is 12. The third kappa shape index (κ3) is 14.6. The highest BCUT2D eigenvalue weighted by atomic mass is 19.1. The first-order valence-corrected chi connectivity index (χ1v) is 15.5. The predicted molar refractivity (Wildman–Crippen MR) is 174 cm³/mol. The number of carbonyl (C=O) groups excluding carboxylic acids is 7. The molecule has 10 N–H and O–H groups in total. The molecule has 1 aromatic heterocycles. The van der Waals surface area contributed by atoms with E-state index in [1.165, 1.54) is 6.92 Å². The molecule has 0 saturated heterocycles. The molecule has 6 amide bonds. The monoisotopic (exact) mass is 721 g/mol. The second-order valence-corrected chi connectivity index (χ2v) is 10.6. The molecule has 2 aromatic rings. The fraction of sp³-hybridized carbons (Fsp3) is 0.433. The van der Waals surface area contributed by atoms with E-state index in [0.29, 0.717) is 16.3 Å². The molecular formula is C30H40FN9O11. The molecule has 1 heterocycles. The maximum atomic E-state index is 13.8. The number of nitrogens with two attached hydrogens (primary N) is 1. The topological polar surface area (TPSA) is 302 Å². The van der Waals surface area contributed by atoms with Crippen LogP contribution in [0.5, 0.6) is 0 Å². The number of nitrogens with zero attached hydrogens (tertiary/aromatic N) is 1. The molecule has 1 aromatic carbocycles. The lowest BCUT2D eigenvalue weighted by molar-refractivity contribution is -0.150. The fourth-order valence-electron chi connectivity index (χ4n) is 4.16. The number of halogens is 1. The minimum absolute atomic E-state index is 0.0151. The van der Waals surface area contributed by atoms with Crippen LogP contribution in [0.2, 0.25) is 0 Å². The van der Waals surface area contributed by atoms with Gasteiger partial charge in [0.2, 0.25) is 47.4 Å². The molecule has 0 aliphatic rings. The van der Waals surface area contributed by atoms with Crippen LogP contribution in [-0.2, 0) is 44.7 Å². The van der Waals surface area contributed by atoms with Crippen LogP contribution in [0.15, 0.2) is 46.1 Å². The Labute approximate surface area is 289 Å². The lowest BCUT2D eigenvalue weighted by atomic mass is 10.1. The van der Waals surface area contributed by atoms with Gasteiger partial charge in [-0.2, -0.15) is 4.39 Å². The quantitative estimate of drug-likeness (QED) is 0.0582. The molecule has 0 fully saturated rings. The molecule has 51 heavy (non-hydrogen) atoms. The Morgan fingerprint density at radius 3 is 2.18 bits per heavy atom. The standard InChI is InChI=1S/C30H40FN9O11/c1-2-51-29(49)25(40-16-18(31)26(46)39-30(40)50)38-24(45)14-34-22(43)13-36-28(48)20(12-17-6-4-3-5-7-17)37-23(44)15-35-27(47)19(32)8-9-21(42)33-10-11-41/h3-7,16,19-20,25,41H,2,8-15,32H2,1H3,(H,33,42)(H,34,43)(H,35,47)(H,36,48)(H,37,44)(H,38,45)(H,39,46,50)/t19-,20-,25?/m0/s1. The summed E-state index contributed by atoms with van der Waals surface area (Å²) >= 11 is 0. The lowest BCUT2D eigenvalue weighted by Gasteiger charge is -2.20. The Bertz CT molecular complexity index is 1670. The van der Waals surface area contributed by atoms with Crippen LogP contribution in [0.4, 0.5) is 4.39 Å². The van der Waals surface area contributed by atoms with Crippen molar-refractivity contribution in [3.05, 3.63) is 68.7 Å². The molecule has 0 bridgehead atoms. The summed E-state index contributed by atoms with van der Waals surface area (Å²) in [6.45, 7) is -0.955. The van der Waals surface area contributed by atoms with Gasteiger partial charge in [-0.05, 0) is 18.9 Å². The molecule has 21 heteroatoms. The summed E-state index contributed by atoms with van der Waals surface area (Å²) in [5.74, 6) is -7.23. The van der Waals surface area contributed by atoms with Gasteiger partial charge in [-0.25, -0.2) is 9.59 Å². The average molecular weight is 722 g/mol. The molecule has 0 aliphatic carbocycles. The summed E-state index contributed by atoms with van der Waals surface area (Å²) in [4.78, 5) is 112. The molecule has 278 valence electrons. The first-order chi connectivity index (χ1) is 24.2. The van der Waals surface area contributed by atoms with Gasteiger partial charge in [0.15, 0.2) is 0 Å². The number of esters is 1. The van der Waals surface area contributed by atoms with E-state index >= 15 is 0 Å². The zero-order valence-corrected chi connectivity index (χ0v) is 27.5. The number of aliphatic hydroxyl groups excluding tert-OH is 1. The summed E-state index contributed by atoms with van der Waals surface area (Å²) < 4.78 is 19.0. The van der Waals surface area contributed by atoms with E-state index in [-0.39, 0.29) is 39.0 Å². The number of ether oxygens (including phenoxy) is 1. The van der Waals surface area contributed by atoms with Gasteiger partial charge in [0.05, 0.1) is 45.1 Å². The van der Waals surface area contributed by atoms with Crippen molar-refractivity contribution < 1.29 is 47.8 Å².